The first-order chi connectivity index (χ1) is 9.49. The van der Waals surface area contributed by atoms with Gasteiger partial charge in [-0.15, -0.1) is 0 Å². The lowest BCUT2D eigenvalue weighted by Gasteiger charge is -2.22. The highest BCUT2D eigenvalue weighted by Crippen LogP contribution is 2.28. The van der Waals surface area contributed by atoms with Gasteiger partial charge in [-0.3, -0.25) is 9.78 Å². The second-order valence-corrected chi connectivity index (χ2v) is 7.30. The number of aromatic nitrogens is 1. The Balaban J connectivity index is 2.57. The number of carbonyl (C=O) groups is 1. The maximum absolute atomic E-state index is 12.4. The van der Waals surface area contributed by atoms with E-state index in [1.807, 2.05) is 0 Å². The summed E-state index contributed by atoms with van der Waals surface area (Å²) in [5.74, 6) is -0.484. The number of rotatable bonds is 4. The zero-order valence-electron chi connectivity index (χ0n) is 12.1. The Hall–Kier alpha value is -1.11. The van der Waals surface area contributed by atoms with Gasteiger partial charge in [-0.2, -0.15) is 13.2 Å². The van der Waals surface area contributed by atoms with Crippen molar-refractivity contribution in [2.24, 2.45) is 5.41 Å². The van der Waals surface area contributed by atoms with Crippen molar-refractivity contribution >= 4 is 21.8 Å². The van der Waals surface area contributed by atoms with E-state index in [0.29, 0.717) is 12.7 Å². The van der Waals surface area contributed by atoms with Crippen LogP contribution in [0.2, 0.25) is 0 Å². The molecule has 0 radical (unpaired) electrons. The van der Waals surface area contributed by atoms with Gasteiger partial charge in [-0.25, -0.2) is 0 Å². The van der Waals surface area contributed by atoms with E-state index >= 15 is 0 Å². The summed E-state index contributed by atoms with van der Waals surface area (Å²) in [6.45, 7) is 6.64. The summed E-state index contributed by atoms with van der Waals surface area (Å²) in [5, 5.41) is 2.65. The number of alkyl halides is 4. The predicted molar refractivity (Wildman–Crippen MR) is 78.4 cm³/mol. The largest absolute Gasteiger partial charge is 0.417 e. The minimum atomic E-state index is -4.45. The molecular weight excluding hydrogens is 349 g/mol. The van der Waals surface area contributed by atoms with Crippen molar-refractivity contribution in [3.63, 3.8) is 0 Å². The molecule has 7 heteroatoms. The summed E-state index contributed by atoms with van der Waals surface area (Å²) in [4.78, 5) is 15.4. The summed E-state index contributed by atoms with van der Waals surface area (Å²) in [7, 11) is 0. The maximum atomic E-state index is 12.4. The number of halogens is 4. The average Bonchev–Trinajstić information content (AvgIpc) is 2.33. The molecule has 0 aliphatic rings. The zero-order chi connectivity index (χ0) is 16.3. The van der Waals surface area contributed by atoms with Crippen LogP contribution in [0.1, 0.15) is 43.2 Å². The highest BCUT2D eigenvalue weighted by molar-refractivity contribution is 9.09. The van der Waals surface area contributed by atoms with E-state index in [0.717, 1.165) is 18.6 Å². The maximum Gasteiger partial charge on any atom is 0.417 e. The molecule has 1 heterocycles. The third kappa shape index (κ3) is 6.46. The lowest BCUT2D eigenvalue weighted by molar-refractivity contribution is -0.137. The topological polar surface area (TPSA) is 42.0 Å². The molecule has 0 saturated carbocycles. The number of nitrogens with zero attached hydrogens (tertiary/aromatic N) is 1. The van der Waals surface area contributed by atoms with Crippen molar-refractivity contribution in [3.05, 3.63) is 29.6 Å². The van der Waals surface area contributed by atoms with E-state index < -0.39 is 17.6 Å². The third-order valence-electron chi connectivity index (χ3n) is 2.64. The SMILES string of the molecule is CC(C)(C)CC(Br)CNC(=O)c1ccc(C(F)(F)F)cn1. The van der Waals surface area contributed by atoms with Crippen LogP contribution in [0, 0.1) is 5.41 Å². The average molecular weight is 367 g/mol. The van der Waals surface area contributed by atoms with Gasteiger partial charge in [0.1, 0.15) is 5.69 Å². The molecule has 21 heavy (non-hydrogen) atoms. The molecular formula is C14H18BrF3N2O. The molecule has 1 aromatic rings. The van der Waals surface area contributed by atoms with Crippen LogP contribution in [0.5, 0.6) is 0 Å². The molecule has 0 saturated heterocycles. The molecule has 1 rings (SSSR count). The Bertz CT molecular complexity index is 480. The van der Waals surface area contributed by atoms with E-state index in [1.54, 1.807) is 0 Å². The molecule has 1 aromatic heterocycles. The first kappa shape index (κ1) is 17.9. The Kier molecular flexibility index (Phi) is 5.78. The van der Waals surface area contributed by atoms with Crippen LogP contribution in [-0.4, -0.2) is 22.3 Å². The van der Waals surface area contributed by atoms with E-state index in [1.165, 1.54) is 0 Å². The molecule has 0 bridgehead atoms. The molecule has 1 unspecified atom stereocenters. The Labute approximate surface area is 130 Å². The quantitative estimate of drug-likeness (QED) is 0.817. The molecule has 118 valence electrons. The number of nitrogens with one attached hydrogen (secondary N) is 1. The van der Waals surface area contributed by atoms with Crippen molar-refractivity contribution in [1.29, 1.82) is 0 Å². The number of amides is 1. The van der Waals surface area contributed by atoms with Crippen molar-refractivity contribution in [2.45, 2.75) is 38.2 Å². The van der Waals surface area contributed by atoms with Gasteiger partial charge in [-0.05, 0) is 24.0 Å². The van der Waals surface area contributed by atoms with Crippen molar-refractivity contribution in [1.82, 2.24) is 10.3 Å². The lowest BCUT2D eigenvalue weighted by atomic mass is 9.90. The van der Waals surface area contributed by atoms with Gasteiger partial charge in [-0.1, -0.05) is 36.7 Å². The first-order valence-electron chi connectivity index (χ1n) is 6.44. The molecule has 1 atom stereocenters. The predicted octanol–water partition coefficient (Wildman–Crippen LogP) is 4.03. The minimum absolute atomic E-state index is 0.0292. The number of pyridine rings is 1. The normalized spacial score (nSPS) is 13.9. The van der Waals surface area contributed by atoms with Crippen molar-refractivity contribution in [3.8, 4) is 0 Å². The number of hydrogen-bond acceptors (Lipinski definition) is 2. The van der Waals surface area contributed by atoms with Crippen molar-refractivity contribution < 1.29 is 18.0 Å². The molecule has 0 aromatic carbocycles. The van der Waals surface area contributed by atoms with Gasteiger partial charge in [0.15, 0.2) is 0 Å². The fourth-order valence-corrected chi connectivity index (χ4v) is 2.86. The highest BCUT2D eigenvalue weighted by Gasteiger charge is 2.30. The second-order valence-electron chi connectivity index (χ2n) is 6.00. The molecule has 1 amide bonds. The van der Waals surface area contributed by atoms with Gasteiger partial charge in [0.25, 0.3) is 5.91 Å². The third-order valence-corrected chi connectivity index (χ3v) is 3.29. The summed E-state index contributed by atoms with van der Waals surface area (Å²) in [6, 6.07) is 1.92. The van der Waals surface area contributed by atoms with Crippen LogP contribution < -0.4 is 5.32 Å². The number of carbonyl (C=O) groups excluding carboxylic acids is 1. The van der Waals surface area contributed by atoms with Gasteiger partial charge in [0.2, 0.25) is 0 Å². The summed E-state index contributed by atoms with van der Waals surface area (Å²) >= 11 is 3.47. The minimum Gasteiger partial charge on any atom is -0.350 e. The smallest absolute Gasteiger partial charge is 0.350 e. The molecule has 0 aliphatic heterocycles. The molecule has 0 spiro atoms. The van der Waals surface area contributed by atoms with Crippen molar-refractivity contribution in [2.75, 3.05) is 6.54 Å². The summed E-state index contributed by atoms with van der Waals surface area (Å²) in [6.07, 6.45) is -2.93. The van der Waals surface area contributed by atoms with Gasteiger partial charge in [0.05, 0.1) is 5.56 Å². The molecule has 1 N–H and O–H groups in total. The Morgan fingerprint density at radius 2 is 1.95 bits per heavy atom. The fourth-order valence-electron chi connectivity index (χ4n) is 1.73. The van der Waals surface area contributed by atoms with Gasteiger partial charge in [0, 0.05) is 17.6 Å². The van der Waals surface area contributed by atoms with Crippen LogP contribution >= 0.6 is 15.9 Å². The fraction of sp³-hybridized carbons (Fsp3) is 0.571. The Morgan fingerprint density at radius 1 is 1.33 bits per heavy atom. The van der Waals surface area contributed by atoms with Crippen LogP contribution in [-0.2, 0) is 6.18 Å². The monoisotopic (exact) mass is 366 g/mol. The highest BCUT2D eigenvalue weighted by atomic mass is 79.9. The standard InChI is InChI=1S/C14H18BrF3N2O/c1-13(2,3)6-10(15)8-20-12(21)11-5-4-9(7-19-11)14(16,17)18/h4-5,7,10H,6,8H2,1-3H3,(H,20,21). The van der Waals surface area contributed by atoms with Gasteiger partial charge < -0.3 is 5.32 Å². The van der Waals surface area contributed by atoms with Crippen LogP contribution in [0.15, 0.2) is 18.3 Å². The van der Waals surface area contributed by atoms with Crippen LogP contribution in [0.4, 0.5) is 13.2 Å². The van der Waals surface area contributed by atoms with Crippen LogP contribution in [0.25, 0.3) is 0 Å². The summed E-state index contributed by atoms with van der Waals surface area (Å²) in [5.41, 5.74) is -0.783. The molecule has 3 nitrogen and oxygen atoms in total. The summed E-state index contributed by atoms with van der Waals surface area (Å²) < 4.78 is 37.2. The van der Waals surface area contributed by atoms with Gasteiger partial charge >= 0.3 is 6.18 Å². The molecule has 0 fully saturated rings. The second kappa shape index (κ2) is 6.77. The zero-order valence-corrected chi connectivity index (χ0v) is 13.7. The Morgan fingerprint density at radius 3 is 2.38 bits per heavy atom. The van der Waals surface area contributed by atoms with E-state index in [9.17, 15) is 18.0 Å². The number of hydrogen-bond donors (Lipinski definition) is 1. The lowest BCUT2D eigenvalue weighted by Crippen LogP contribution is -2.32. The molecule has 0 aliphatic carbocycles. The first-order valence-corrected chi connectivity index (χ1v) is 7.36. The van der Waals surface area contributed by atoms with E-state index in [-0.39, 0.29) is 15.9 Å². The van der Waals surface area contributed by atoms with E-state index in [2.05, 4.69) is 47.0 Å². The van der Waals surface area contributed by atoms with Crippen LogP contribution in [0.3, 0.4) is 0 Å². The van der Waals surface area contributed by atoms with E-state index in [4.69, 9.17) is 0 Å².